The molecule has 0 saturated heterocycles. The average Bonchev–Trinajstić information content (AvgIpc) is 3.14. The summed E-state index contributed by atoms with van der Waals surface area (Å²) in [5.74, 6) is 2.64. The third kappa shape index (κ3) is 6.55. The fraction of sp³-hybridized carbons (Fsp3) is 0.571. The smallest absolute Gasteiger partial charge is 0.226 e. The number of nitrogens with one attached hydrogen (secondary N) is 1. The number of hydrogen-bond donors (Lipinski definition) is 1. The third-order valence-corrected chi connectivity index (χ3v) is 4.11. The highest BCUT2D eigenvalue weighted by molar-refractivity contribution is 5.75. The zero-order chi connectivity index (χ0) is 20.6. The Kier molecular flexibility index (Phi) is 7.84. The van der Waals surface area contributed by atoms with Gasteiger partial charge in [0.05, 0.1) is 13.7 Å². The van der Waals surface area contributed by atoms with Crippen molar-refractivity contribution in [2.75, 3.05) is 13.7 Å². The van der Waals surface area contributed by atoms with Crippen LogP contribution in [0.25, 0.3) is 0 Å². The standard InChI is InChI=1S/C21H31N3O4/c1-6-12-27-16-11-10-15(13-17(16)26-5)14-22-18(25)8-7-9-19-23-20(24-28-19)21(2,3)4/h10-11,13H,6-9,12,14H2,1-5H3,(H,22,25). The monoisotopic (exact) mass is 389 g/mol. The summed E-state index contributed by atoms with van der Waals surface area (Å²) in [5, 5.41) is 6.92. The summed E-state index contributed by atoms with van der Waals surface area (Å²) in [6, 6.07) is 5.69. The minimum Gasteiger partial charge on any atom is -0.493 e. The Bertz CT molecular complexity index is 765. The first kappa shape index (κ1) is 21.7. The minimum atomic E-state index is -0.142. The molecule has 0 aliphatic rings. The van der Waals surface area contributed by atoms with Crippen molar-refractivity contribution in [3.8, 4) is 11.5 Å². The molecule has 1 aromatic heterocycles. The van der Waals surface area contributed by atoms with Gasteiger partial charge in [-0.05, 0) is 30.5 Å². The van der Waals surface area contributed by atoms with Crippen LogP contribution >= 0.6 is 0 Å². The Balaban J connectivity index is 1.77. The van der Waals surface area contributed by atoms with E-state index in [4.69, 9.17) is 14.0 Å². The molecule has 0 unspecified atom stereocenters. The molecule has 0 aliphatic heterocycles. The van der Waals surface area contributed by atoms with Crippen molar-refractivity contribution in [3.05, 3.63) is 35.5 Å². The van der Waals surface area contributed by atoms with Gasteiger partial charge in [-0.1, -0.05) is 38.9 Å². The van der Waals surface area contributed by atoms with Crippen molar-refractivity contribution in [2.45, 2.75) is 65.3 Å². The number of carbonyl (C=O) groups excluding carboxylic acids is 1. The lowest BCUT2D eigenvalue weighted by Crippen LogP contribution is -2.22. The topological polar surface area (TPSA) is 86.5 Å². The van der Waals surface area contributed by atoms with Crippen molar-refractivity contribution in [3.63, 3.8) is 0 Å². The Labute approximate surface area is 166 Å². The predicted molar refractivity (Wildman–Crippen MR) is 107 cm³/mol. The maximum Gasteiger partial charge on any atom is 0.226 e. The average molecular weight is 389 g/mol. The summed E-state index contributed by atoms with van der Waals surface area (Å²) < 4.78 is 16.3. The van der Waals surface area contributed by atoms with Crippen LogP contribution in [0.4, 0.5) is 0 Å². The molecule has 0 saturated carbocycles. The van der Waals surface area contributed by atoms with Crippen LogP contribution in [-0.4, -0.2) is 29.8 Å². The Hall–Kier alpha value is -2.57. The van der Waals surface area contributed by atoms with Crippen molar-refractivity contribution < 1.29 is 18.8 Å². The maximum atomic E-state index is 12.1. The van der Waals surface area contributed by atoms with E-state index in [1.54, 1.807) is 7.11 Å². The van der Waals surface area contributed by atoms with Crippen molar-refractivity contribution in [2.24, 2.45) is 0 Å². The molecule has 0 radical (unpaired) electrons. The number of carbonyl (C=O) groups is 1. The van der Waals surface area contributed by atoms with Crippen molar-refractivity contribution in [1.82, 2.24) is 15.5 Å². The van der Waals surface area contributed by atoms with Gasteiger partial charge in [0.1, 0.15) is 0 Å². The summed E-state index contributed by atoms with van der Waals surface area (Å²) in [6.45, 7) is 9.24. The van der Waals surface area contributed by atoms with Crippen LogP contribution in [0.5, 0.6) is 11.5 Å². The second kappa shape index (κ2) is 10.1. The van der Waals surface area contributed by atoms with Crippen LogP contribution < -0.4 is 14.8 Å². The van der Waals surface area contributed by atoms with Gasteiger partial charge in [0, 0.05) is 24.8 Å². The molecular formula is C21H31N3O4. The molecule has 0 aliphatic carbocycles. The molecule has 0 bridgehead atoms. The lowest BCUT2D eigenvalue weighted by Gasteiger charge is -2.12. The first-order chi connectivity index (χ1) is 13.3. The number of ether oxygens (including phenoxy) is 2. The number of benzene rings is 1. The van der Waals surface area contributed by atoms with Gasteiger partial charge in [0.25, 0.3) is 0 Å². The number of amides is 1. The number of aryl methyl sites for hydroxylation is 1. The molecule has 0 atom stereocenters. The van der Waals surface area contributed by atoms with E-state index < -0.39 is 0 Å². The molecule has 1 heterocycles. The summed E-state index contributed by atoms with van der Waals surface area (Å²) in [6.07, 6.45) is 2.59. The molecule has 1 N–H and O–H groups in total. The van der Waals surface area contributed by atoms with E-state index >= 15 is 0 Å². The first-order valence-electron chi connectivity index (χ1n) is 9.73. The van der Waals surface area contributed by atoms with Gasteiger partial charge < -0.3 is 19.3 Å². The lowest BCUT2D eigenvalue weighted by atomic mass is 9.96. The summed E-state index contributed by atoms with van der Waals surface area (Å²) in [7, 11) is 1.61. The molecule has 154 valence electrons. The maximum absolute atomic E-state index is 12.1. The molecule has 7 heteroatoms. The highest BCUT2D eigenvalue weighted by Crippen LogP contribution is 2.28. The first-order valence-corrected chi connectivity index (χ1v) is 9.73. The van der Waals surface area contributed by atoms with Gasteiger partial charge in [-0.3, -0.25) is 4.79 Å². The van der Waals surface area contributed by atoms with Crippen molar-refractivity contribution in [1.29, 1.82) is 0 Å². The summed E-state index contributed by atoms with van der Waals surface area (Å²) in [5.41, 5.74) is 0.817. The molecule has 2 rings (SSSR count). The van der Waals surface area contributed by atoms with Gasteiger partial charge in [0.15, 0.2) is 17.3 Å². The van der Waals surface area contributed by atoms with Crippen LogP contribution in [0, 0.1) is 0 Å². The molecule has 2 aromatic rings. The second-order valence-electron chi connectivity index (χ2n) is 7.73. The molecule has 7 nitrogen and oxygen atoms in total. The molecule has 1 amide bonds. The summed E-state index contributed by atoms with van der Waals surface area (Å²) >= 11 is 0. The number of rotatable bonds is 10. The number of methoxy groups -OCH3 is 1. The second-order valence-corrected chi connectivity index (χ2v) is 7.73. The normalized spacial score (nSPS) is 11.3. The Morgan fingerprint density at radius 3 is 2.68 bits per heavy atom. The van der Waals surface area contributed by atoms with Gasteiger partial charge >= 0.3 is 0 Å². The van der Waals surface area contributed by atoms with Crippen LogP contribution in [0.3, 0.4) is 0 Å². The van der Waals surface area contributed by atoms with E-state index in [9.17, 15) is 4.79 Å². The van der Waals surface area contributed by atoms with Gasteiger partial charge in [-0.2, -0.15) is 4.98 Å². The van der Waals surface area contributed by atoms with Crippen LogP contribution in [0.2, 0.25) is 0 Å². The van der Waals surface area contributed by atoms with E-state index in [1.807, 2.05) is 39.0 Å². The van der Waals surface area contributed by atoms with Crippen LogP contribution in [0.1, 0.15) is 64.2 Å². The fourth-order valence-electron chi connectivity index (χ4n) is 2.50. The molecule has 0 fully saturated rings. The van der Waals surface area contributed by atoms with E-state index in [2.05, 4.69) is 22.4 Å². The van der Waals surface area contributed by atoms with Crippen molar-refractivity contribution >= 4 is 5.91 Å². The van der Waals surface area contributed by atoms with Gasteiger partial charge in [-0.25, -0.2) is 0 Å². The van der Waals surface area contributed by atoms with E-state index in [0.717, 1.165) is 12.0 Å². The van der Waals surface area contributed by atoms with Crippen LogP contribution in [-0.2, 0) is 23.2 Å². The minimum absolute atomic E-state index is 0.0131. The number of aromatic nitrogens is 2. The van der Waals surface area contributed by atoms with Crippen LogP contribution in [0.15, 0.2) is 22.7 Å². The van der Waals surface area contributed by atoms with E-state index in [1.165, 1.54) is 0 Å². The molecule has 0 spiro atoms. The quantitative estimate of drug-likeness (QED) is 0.665. The molecule has 28 heavy (non-hydrogen) atoms. The molecule has 1 aromatic carbocycles. The zero-order valence-electron chi connectivity index (χ0n) is 17.5. The van der Waals surface area contributed by atoms with Gasteiger partial charge in [-0.15, -0.1) is 0 Å². The lowest BCUT2D eigenvalue weighted by molar-refractivity contribution is -0.121. The molecular weight excluding hydrogens is 358 g/mol. The van der Waals surface area contributed by atoms with E-state index in [0.29, 0.717) is 55.6 Å². The fourth-order valence-corrected chi connectivity index (χ4v) is 2.50. The summed E-state index contributed by atoms with van der Waals surface area (Å²) in [4.78, 5) is 16.5. The zero-order valence-corrected chi connectivity index (χ0v) is 17.5. The Morgan fingerprint density at radius 1 is 1.25 bits per heavy atom. The van der Waals surface area contributed by atoms with Gasteiger partial charge in [0.2, 0.25) is 11.8 Å². The van der Waals surface area contributed by atoms with E-state index in [-0.39, 0.29) is 11.3 Å². The number of nitrogens with zero attached hydrogens (tertiary/aromatic N) is 2. The third-order valence-electron chi connectivity index (χ3n) is 4.11. The highest BCUT2D eigenvalue weighted by atomic mass is 16.5. The predicted octanol–water partition coefficient (Wildman–Crippen LogP) is 3.80. The Morgan fingerprint density at radius 2 is 2.04 bits per heavy atom. The highest BCUT2D eigenvalue weighted by Gasteiger charge is 2.20. The SMILES string of the molecule is CCCOc1ccc(CNC(=O)CCCc2nc(C(C)(C)C)no2)cc1OC. The largest absolute Gasteiger partial charge is 0.493 e. The number of hydrogen-bond acceptors (Lipinski definition) is 6.